The van der Waals surface area contributed by atoms with Gasteiger partial charge in [0, 0.05) is 52.1 Å². The first-order valence-electron chi connectivity index (χ1n) is 1.88. The molecule has 2 heteroatoms. The molecule has 0 rings (SSSR count). The molecule has 0 heterocycles. The summed E-state index contributed by atoms with van der Waals surface area (Å²) >= 11 is 0. The number of hydrogen-bond acceptors (Lipinski definition) is 1. The summed E-state index contributed by atoms with van der Waals surface area (Å²) in [6, 6.07) is 0. The molecule has 0 saturated heterocycles. The standard InChI is InChI=1S/C4H10O.Sr/c1-4(2)3-5;/h4-5H,3H2,1-2H3;. The molecule has 0 aromatic carbocycles. The smallest absolute Gasteiger partial charge is 0.0453 e. The van der Waals surface area contributed by atoms with Crippen LogP contribution in [0.1, 0.15) is 13.8 Å². The van der Waals surface area contributed by atoms with Gasteiger partial charge in [-0.25, -0.2) is 0 Å². The topological polar surface area (TPSA) is 20.2 Å². The second-order valence-electron chi connectivity index (χ2n) is 1.58. The Kier molecular flexibility index (Phi) is 11.2. The fraction of sp³-hybridized carbons (Fsp3) is 1.00. The van der Waals surface area contributed by atoms with E-state index >= 15 is 0 Å². The van der Waals surface area contributed by atoms with Gasteiger partial charge in [0.05, 0.1) is 0 Å². The van der Waals surface area contributed by atoms with Crippen LogP contribution in [0.3, 0.4) is 0 Å². The molecule has 0 fully saturated rings. The first-order valence-corrected chi connectivity index (χ1v) is 1.88. The summed E-state index contributed by atoms with van der Waals surface area (Å²) in [4.78, 5) is 0. The molecule has 0 aromatic rings. The maximum atomic E-state index is 8.14. The molecule has 1 nitrogen and oxygen atoms in total. The molecule has 0 atom stereocenters. The van der Waals surface area contributed by atoms with E-state index in [2.05, 4.69) is 0 Å². The molecule has 34 valence electrons. The molecule has 0 aliphatic rings. The van der Waals surface area contributed by atoms with E-state index in [1.807, 2.05) is 13.8 Å². The predicted molar refractivity (Wildman–Crippen MR) is 27.7 cm³/mol. The molecule has 0 aliphatic carbocycles. The summed E-state index contributed by atoms with van der Waals surface area (Å²) in [5.41, 5.74) is 0. The molecular formula is C4H10OSr. The van der Waals surface area contributed by atoms with Gasteiger partial charge < -0.3 is 5.11 Å². The zero-order chi connectivity index (χ0) is 4.28. The van der Waals surface area contributed by atoms with Crippen molar-refractivity contribution >= 4 is 45.5 Å². The van der Waals surface area contributed by atoms with E-state index in [-0.39, 0.29) is 45.5 Å². The molecule has 6 heavy (non-hydrogen) atoms. The van der Waals surface area contributed by atoms with Crippen LogP contribution in [-0.4, -0.2) is 57.2 Å². The third-order valence-electron chi connectivity index (χ3n) is 0.365. The van der Waals surface area contributed by atoms with E-state index < -0.39 is 0 Å². The first-order chi connectivity index (χ1) is 2.27. The minimum absolute atomic E-state index is 0. The van der Waals surface area contributed by atoms with Gasteiger partial charge in [0.15, 0.2) is 0 Å². The maximum absolute atomic E-state index is 8.14. The van der Waals surface area contributed by atoms with Crippen LogP contribution in [0, 0.1) is 5.92 Å². The molecule has 0 spiro atoms. The van der Waals surface area contributed by atoms with Gasteiger partial charge in [-0.1, -0.05) is 13.8 Å². The fourth-order valence-corrected chi connectivity index (χ4v) is 0. The van der Waals surface area contributed by atoms with Crippen LogP contribution in [0.4, 0.5) is 0 Å². The van der Waals surface area contributed by atoms with Crippen LogP contribution in [0.15, 0.2) is 0 Å². The third kappa shape index (κ3) is 9.06. The van der Waals surface area contributed by atoms with Gasteiger partial charge in [-0.2, -0.15) is 0 Å². The number of rotatable bonds is 1. The van der Waals surface area contributed by atoms with Crippen LogP contribution in [0.5, 0.6) is 0 Å². The van der Waals surface area contributed by atoms with Gasteiger partial charge in [-0.05, 0) is 5.92 Å². The van der Waals surface area contributed by atoms with Gasteiger partial charge in [0.2, 0.25) is 0 Å². The van der Waals surface area contributed by atoms with E-state index in [0.29, 0.717) is 12.5 Å². The van der Waals surface area contributed by atoms with Crippen LogP contribution in [0.2, 0.25) is 0 Å². The third-order valence-corrected chi connectivity index (χ3v) is 0.365. The van der Waals surface area contributed by atoms with Gasteiger partial charge in [-0.3, -0.25) is 0 Å². The summed E-state index contributed by atoms with van der Waals surface area (Å²) in [5.74, 6) is 0.440. The average molecular weight is 162 g/mol. The Morgan fingerprint density at radius 1 is 1.50 bits per heavy atom. The Morgan fingerprint density at radius 3 is 1.67 bits per heavy atom. The number of hydrogen-bond donors (Lipinski definition) is 1. The van der Waals surface area contributed by atoms with Crippen molar-refractivity contribution in [3.8, 4) is 0 Å². The minimum atomic E-state index is 0. The predicted octanol–water partition coefficient (Wildman–Crippen LogP) is 0.254. The summed E-state index contributed by atoms with van der Waals surface area (Å²) in [7, 11) is 0. The Hall–Kier alpha value is 1.44. The van der Waals surface area contributed by atoms with Gasteiger partial charge in [-0.15, -0.1) is 0 Å². The minimum Gasteiger partial charge on any atom is -0.396 e. The second kappa shape index (κ2) is 6.44. The Balaban J connectivity index is 0. The normalized spacial score (nSPS) is 8.00. The average Bonchev–Trinajstić information content (AvgIpc) is 1.38. The summed E-state index contributed by atoms with van der Waals surface area (Å²) in [6.07, 6.45) is 0. The van der Waals surface area contributed by atoms with Gasteiger partial charge in [0.1, 0.15) is 0 Å². The Labute approximate surface area is 76.0 Å². The van der Waals surface area contributed by atoms with Crippen molar-refractivity contribution in [1.29, 1.82) is 0 Å². The summed E-state index contributed by atoms with van der Waals surface area (Å²) in [5, 5.41) is 8.14. The first kappa shape index (κ1) is 10.4. The van der Waals surface area contributed by atoms with Crippen LogP contribution in [-0.2, 0) is 0 Å². The van der Waals surface area contributed by atoms with Crippen LogP contribution < -0.4 is 0 Å². The summed E-state index contributed by atoms with van der Waals surface area (Å²) < 4.78 is 0. The van der Waals surface area contributed by atoms with E-state index in [9.17, 15) is 0 Å². The van der Waals surface area contributed by atoms with Crippen molar-refractivity contribution < 1.29 is 5.11 Å². The molecule has 0 unspecified atom stereocenters. The molecule has 0 aromatic heterocycles. The number of aliphatic hydroxyl groups is 1. The maximum Gasteiger partial charge on any atom is 0.0453 e. The van der Waals surface area contributed by atoms with Crippen molar-refractivity contribution in [2.75, 3.05) is 6.61 Å². The molecule has 0 amide bonds. The quantitative estimate of drug-likeness (QED) is 0.547. The van der Waals surface area contributed by atoms with Crippen molar-refractivity contribution in [3.05, 3.63) is 0 Å². The zero-order valence-corrected chi connectivity index (χ0v) is 7.91. The molecule has 0 aliphatic heterocycles. The fourth-order valence-electron chi connectivity index (χ4n) is 0. The number of aliphatic hydroxyl groups excluding tert-OH is 1. The monoisotopic (exact) mass is 162 g/mol. The van der Waals surface area contributed by atoms with Crippen molar-refractivity contribution in [3.63, 3.8) is 0 Å². The molecule has 0 bridgehead atoms. The van der Waals surface area contributed by atoms with Gasteiger partial charge in [0.25, 0.3) is 0 Å². The van der Waals surface area contributed by atoms with Crippen molar-refractivity contribution in [1.82, 2.24) is 0 Å². The van der Waals surface area contributed by atoms with E-state index in [1.165, 1.54) is 0 Å². The zero-order valence-electron chi connectivity index (χ0n) is 4.44. The second-order valence-corrected chi connectivity index (χ2v) is 1.58. The largest absolute Gasteiger partial charge is 0.396 e. The Bertz CT molecular complexity index is 21.5. The van der Waals surface area contributed by atoms with Crippen LogP contribution >= 0.6 is 0 Å². The van der Waals surface area contributed by atoms with E-state index in [1.54, 1.807) is 0 Å². The van der Waals surface area contributed by atoms with Crippen LogP contribution in [0.25, 0.3) is 0 Å². The van der Waals surface area contributed by atoms with E-state index in [0.717, 1.165) is 0 Å². The molecule has 0 saturated carbocycles. The molecule has 1 N–H and O–H groups in total. The SMILES string of the molecule is CC(C)CO.[Sr]. The van der Waals surface area contributed by atoms with Gasteiger partial charge >= 0.3 is 0 Å². The summed E-state index contributed by atoms with van der Waals surface area (Å²) in [6.45, 7) is 4.25. The van der Waals surface area contributed by atoms with Crippen molar-refractivity contribution in [2.45, 2.75) is 13.8 Å². The Morgan fingerprint density at radius 2 is 1.67 bits per heavy atom. The van der Waals surface area contributed by atoms with E-state index in [4.69, 9.17) is 5.11 Å². The molecular weight excluding hydrogens is 152 g/mol. The van der Waals surface area contributed by atoms with Crippen molar-refractivity contribution in [2.24, 2.45) is 5.92 Å². The molecule has 2 radical (unpaired) electrons.